The highest BCUT2D eigenvalue weighted by Gasteiger charge is 2.25. The maximum atomic E-state index is 12.9. The summed E-state index contributed by atoms with van der Waals surface area (Å²) in [6.07, 6.45) is 0. The van der Waals surface area contributed by atoms with Gasteiger partial charge in [-0.25, -0.2) is 22.5 Å². The lowest BCUT2D eigenvalue weighted by molar-refractivity contribution is 0.0729. The number of hydrogen-bond donors (Lipinski definition) is 0. The molecule has 0 aliphatic carbocycles. The van der Waals surface area contributed by atoms with Gasteiger partial charge in [0.2, 0.25) is 10.0 Å². The Morgan fingerprint density at radius 2 is 1.90 bits per heavy atom. The number of ether oxygens (including phenoxy) is 1. The van der Waals surface area contributed by atoms with Gasteiger partial charge in [0, 0.05) is 30.9 Å². The molecule has 0 saturated heterocycles. The van der Waals surface area contributed by atoms with Crippen molar-refractivity contribution in [3.8, 4) is 5.75 Å². The highest BCUT2D eigenvalue weighted by atomic mass is 32.2. The van der Waals surface area contributed by atoms with Crippen LogP contribution in [-0.2, 0) is 15.8 Å². The molecule has 0 atom stereocenters. The maximum Gasteiger partial charge on any atom is 0.343 e. The topological polar surface area (TPSA) is 76.6 Å². The number of benzene rings is 2. The van der Waals surface area contributed by atoms with Crippen LogP contribution in [0, 0.1) is 13.8 Å². The third-order valence-corrected chi connectivity index (χ3v) is 8.27. The Labute approximate surface area is 185 Å². The van der Waals surface area contributed by atoms with E-state index in [1.165, 1.54) is 26.2 Å². The summed E-state index contributed by atoms with van der Waals surface area (Å²) in [5.41, 5.74) is 2.91. The Hall–Kier alpha value is -2.20. The molecule has 9 heteroatoms. The number of esters is 1. The Balaban J connectivity index is 1.87. The van der Waals surface area contributed by atoms with Gasteiger partial charge in [0.15, 0.2) is 5.75 Å². The minimum atomic E-state index is -3.77. The summed E-state index contributed by atoms with van der Waals surface area (Å²) in [5, 5.41) is 1.98. The van der Waals surface area contributed by atoms with E-state index in [1.54, 1.807) is 48.2 Å². The van der Waals surface area contributed by atoms with Crippen molar-refractivity contribution in [2.75, 3.05) is 14.1 Å². The molecular weight excluding hydrogens is 440 g/mol. The summed E-state index contributed by atoms with van der Waals surface area (Å²) in [6, 6.07) is 11.9. The lowest BCUT2D eigenvalue weighted by Crippen LogP contribution is -2.23. The molecule has 158 valence electrons. The van der Waals surface area contributed by atoms with Crippen molar-refractivity contribution in [1.29, 1.82) is 0 Å². The smallest absolute Gasteiger partial charge is 0.343 e. The Kier molecular flexibility index (Phi) is 6.97. The van der Waals surface area contributed by atoms with Gasteiger partial charge in [-0.2, -0.15) is 0 Å². The second kappa shape index (κ2) is 9.30. The van der Waals surface area contributed by atoms with E-state index in [2.05, 4.69) is 4.98 Å². The molecule has 1 heterocycles. The van der Waals surface area contributed by atoms with Gasteiger partial charge < -0.3 is 4.74 Å². The average molecular weight is 463 g/mol. The second-order valence-corrected chi connectivity index (χ2v) is 11.0. The molecule has 0 saturated carbocycles. The predicted molar refractivity (Wildman–Crippen MR) is 120 cm³/mol. The number of carbonyl (C=O) groups is 1. The maximum absolute atomic E-state index is 12.9. The van der Waals surface area contributed by atoms with Gasteiger partial charge in [-0.3, -0.25) is 0 Å². The second-order valence-electron chi connectivity index (χ2n) is 6.83. The van der Waals surface area contributed by atoms with E-state index in [1.807, 2.05) is 24.4 Å². The fraction of sp³-hybridized carbons (Fsp3) is 0.238. The molecule has 3 rings (SSSR count). The molecule has 0 amide bonds. The number of thiazole rings is 1. The van der Waals surface area contributed by atoms with Crippen LogP contribution in [0.3, 0.4) is 0 Å². The summed E-state index contributed by atoms with van der Waals surface area (Å²) in [4.78, 5) is 17.3. The zero-order chi connectivity index (χ0) is 21.9. The number of aromatic nitrogens is 1. The minimum absolute atomic E-state index is 0.0114. The van der Waals surface area contributed by atoms with Crippen molar-refractivity contribution in [3.63, 3.8) is 0 Å². The van der Waals surface area contributed by atoms with Crippen LogP contribution in [0.25, 0.3) is 0 Å². The lowest BCUT2D eigenvalue weighted by Gasteiger charge is -2.16. The number of nitrogens with zero attached hydrogens (tertiary/aromatic N) is 2. The number of carbonyl (C=O) groups excluding carboxylic acids is 1. The van der Waals surface area contributed by atoms with Gasteiger partial charge in [0.25, 0.3) is 0 Å². The summed E-state index contributed by atoms with van der Waals surface area (Å²) >= 11 is 3.10. The normalized spacial score (nSPS) is 11.6. The van der Waals surface area contributed by atoms with Crippen LogP contribution >= 0.6 is 23.1 Å². The van der Waals surface area contributed by atoms with Crippen LogP contribution in [-0.4, -0.2) is 37.8 Å². The van der Waals surface area contributed by atoms with Gasteiger partial charge in [0.1, 0.15) is 9.24 Å². The van der Waals surface area contributed by atoms with Crippen LogP contribution in [0.4, 0.5) is 0 Å². The van der Waals surface area contributed by atoms with Crippen LogP contribution in [0.5, 0.6) is 5.75 Å². The third kappa shape index (κ3) is 5.10. The minimum Gasteiger partial charge on any atom is -0.421 e. The first-order valence-corrected chi connectivity index (χ1v) is 12.4. The van der Waals surface area contributed by atoms with E-state index in [4.69, 9.17) is 4.74 Å². The van der Waals surface area contributed by atoms with Crippen LogP contribution < -0.4 is 4.74 Å². The van der Waals surface area contributed by atoms with Crippen LogP contribution in [0.1, 0.15) is 27.2 Å². The summed E-state index contributed by atoms with van der Waals surface area (Å²) < 4.78 is 32.9. The zero-order valence-corrected chi connectivity index (χ0v) is 19.5. The molecule has 0 fully saturated rings. The average Bonchev–Trinajstić information content (AvgIpc) is 3.13. The molecule has 0 spiro atoms. The molecule has 3 aromatic rings. The first-order valence-electron chi connectivity index (χ1n) is 9.06. The molecular formula is C21H22N2O4S3. The SMILES string of the molecule is Cc1ccc(OC(=O)c2ccccc2CSc2nc(C)cs2)c(S(=O)(=O)N(C)C)c1. The van der Waals surface area contributed by atoms with Crippen LogP contribution in [0.15, 0.2) is 57.1 Å². The molecule has 6 nitrogen and oxygen atoms in total. The molecule has 0 N–H and O–H groups in total. The fourth-order valence-corrected chi connectivity index (χ4v) is 5.58. The van der Waals surface area contributed by atoms with Crippen molar-refractivity contribution in [3.05, 3.63) is 70.2 Å². The number of rotatable bonds is 7. The molecule has 2 aromatic carbocycles. The first-order chi connectivity index (χ1) is 14.2. The lowest BCUT2D eigenvalue weighted by atomic mass is 10.1. The monoisotopic (exact) mass is 462 g/mol. The van der Waals surface area contributed by atoms with E-state index in [-0.39, 0.29) is 10.6 Å². The Morgan fingerprint density at radius 3 is 2.57 bits per heavy atom. The number of aryl methyl sites for hydroxylation is 2. The summed E-state index contributed by atoms with van der Waals surface area (Å²) in [7, 11) is -0.886. The molecule has 1 aromatic heterocycles. The number of sulfonamides is 1. The summed E-state index contributed by atoms with van der Waals surface area (Å²) in [5.74, 6) is -0.0347. The number of hydrogen-bond acceptors (Lipinski definition) is 7. The third-order valence-electron chi connectivity index (χ3n) is 4.25. The van der Waals surface area contributed by atoms with Crippen molar-refractivity contribution < 1.29 is 17.9 Å². The molecule has 0 bridgehead atoms. The molecule has 0 unspecified atom stereocenters. The Bertz CT molecular complexity index is 1170. The molecule has 0 aliphatic rings. The molecule has 30 heavy (non-hydrogen) atoms. The predicted octanol–water partition coefficient (Wildman–Crippen LogP) is 4.52. The standard InChI is InChI=1S/C21H22N2O4S3/c1-14-9-10-18(19(11-14)30(25,26)23(3)4)27-20(24)17-8-6-5-7-16(17)13-29-21-22-15(2)12-28-21/h5-12H,13H2,1-4H3. The Morgan fingerprint density at radius 1 is 1.17 bits per heavy atom. The highest BCUT2D eigenvalue weighted by molar-refractivity contribution is 8.00. The van der Waals surface area contributed by atoms with Crippen molar-refractivity contribution in [2.45, 2.75) is 28.8 Å². The zero-order valence-electron chi connectivity index (χ0n) is 17.1. The number of thioether (sulfide) groups is 1. The van der Waals surface area contributed by atoms with E-state index >= 15 is 0 Å². The quantitative estimate of drug-likeness (QED) is 0.292. The van der Waals surface area contributed by atoms with E-state index < -0.39 is 16.0 Å². The van der Waals surface area contributed by atoms with Crippen molar-refractivity contribution >= 4 is 39.1 Å². The van der Waals surface area contributed by atoms with Gasteiger partial charge in [-0.05, 0) is 43.2 Å². The van der Waals surface area contributed by atoms with Gasteiger partial charge in [-0.1, -0.05) is 36.0 Å². The van der Waals surface area contributed by atoms with Gasteiger partial charge >= 0.3 is 5.97 Å². The van der Waals surface area contributed by atoms with Crippen LogP contribution in [0.2, 0.25) is 0 Å². The molecule has 0 radical (unpaired) electrons. The van der Waals surface area contributed by atoms with E-state index in [0.717, 1.165) is 25.5 Å². The van der Waals surface area contributed by atoms with Crippen molar-refractivity contribution in [1.82, 2.24) is 9.29 Å². The van der Waals surface area contributed by atoms with Crippen molar-refractivity contribution in [2.24, 2.45) is 0 Å². The highest BCUT2D eigenvalue weighted by Crippen LogP contribution is 2.30. The largest absolute Gasteiger partial charge is 0.421 e. The fourth-order valence-electron chi connectivity index (χ4n) is 2.64. The summed E-state index contributed by atoms with van der Waals surface area (Å²) in [6.45, 7) is 3.72. The first kappa shape index (κ1) is 22.5. The molecule has 0 aliphatic heterocycles. The van der Waals surface area contributed by atoms with Gasteiger partial charge in [0.05, 0.1) is 5.56 Å². The van der Waals surface area contributed by atoms with E-state index in [0.29, 0.717) is 11.3 Å². The van der Waals surface area contributed by atoms with E-state index in [9.17, 15) is 13.2 Å². The van der Waals surface area contributed by atoms with Gasteiger partial charge in [-0.15, -0.1) is 11.3 Å².